The lowest BCUT2D eigenvalue weighted by atomic mass is 10.1. The van der Waals surface area contributed by atoms with Gasteiger partial charge in [0.2, 0.25) is 5.82 Å². The van der Waals surface area contributed by atoms with Crippen LogP contribution in [-0.2, 0) is 22.7 Å². The van der Waals surface area contributed by atoms with Crippen LogP contribution in [0.3, 0.4) is 0 Å². The van der Waals surface area contributed by atoms with Crippen LogP contribution in [0.4, 0.5) is 0 Å². The number of carbonyl (C=O) groups is 1. The summed E-state index contributed by atoms with van der Waals surface area (Å²) in [7, 11) is 4.64. The van der Waals surface area contributed by atoms with Crippen molar-refractivity contribution in [1.82, 2.24) is 20.2 Å². The maximum atomic E-state index is 10.6. The van der Waals surface area contributed by atoms with Crippen LogP contribution in [0.25, 0.3) is 11.4 Å². The van der Waals surface area contributed by atoms with E-state index in [1.54, 1.807) is 19.2 Å². The highest BCUT2D eigenvalue weighted by Crippen LogP contribution is 2.34. The molecule has 118 valence electrons. The Labute approximate surface area is 126 Å². The highest BCUT2D eigenvalue weighted by Gasteiger charge is 2.16. The summed E-state index contributed by atoms with van der Waals surface area (Å²) < 4.78 is 15.8. The summed E-state index contributed by atoms with van der Waals surface area (Å²) >= 11 is 0. The van der Waals surface area contributed by atoms with Crippen LogP contribution in [0.1, 0.15) is 5.56 Å². The number of nitrogens with zero attached hydrogens (tertiary/aromatic N) is 4. The zero-order valence-corrected chi connectivity index (χ0v) is 12.4. The zero-order valence-electron chi connectivity index (χ0n) is 12.4. The van der Waals surface area contributed by atoms with Crippen molar-refractivity contribution in [1.29, 1.82) is 0 Å². The molecular formula is C13H16N4O5. The lowest BCUT2D eigenvalue weighted by Gasteiger charge is -2.13. The molecule has 0 bridgehead atoms. The van der Waals surface area contributed by atoms with E-state index in [1.807, 2.05) is 0 Å². The fourth-order valence-electron chi connectivity index (χ4n) is 1.95. The number of hydrogen-bond acceptors (Lipinski definition) is 7. The van der Waals surface area contributed by atoms with E-state index in [-0.39, 0.29) is 12.4 Å². The molecule has 0 fully saturated rings. The van der Waals surface area contributed by atoms with Gasteiger partial charge >= 0.3 is 5.97 Å². The molecule has 1 aromatic heterocycles. The first-order valence-electron chi connectivity index (χ1n) is 6.32. The number of benzene rings is 1. The van der Waals surface area contributed by atoms with Gasteiger partial charge in [-0.25, -0.2) is 0 Å². The van der Waals surface area contributed by atoms with Crippen molar-refractivity contribution >= 4 is 5.97 Å². The molecule has 0 spiro atoms. The van der Waals surface area contributed by atoms with Gasteiger partial charge < -0.3 is 19.3 Å². The van der Waals surface area contributed by atoms with Gasteiger partial charge in [-0.2, -0.15) is 4.80 Å². The molecule has 0 atom stereocenters. The van der Waals surface area contributed by atoms with Crippen LogP contribution < -0.4 is 9.47 Å². The molecule has 2 rings (SSSR count). The number of aliphatic carboxylic acids is 1. The highest BCUT2D eigenvalue weighted by molar-refractivity contribution is 5.66. The molecule has 1 heterocycles. The molecule has 0 saturated carbocycles. The first-order chi connectivity index (χ1) is 10.6. The molecule has 0 saturated heterocycles. The average molecular weight is 308 g/mol. The van der Waals surface area contributed by atoms with Gasteiger partial charge in [0, 0.05) is 12.7 Å². The molecule has 0 radical (unpaired) electrons. The molecule has 1 N–H and O–H groups in total. The van der Waals surface area contributed by atoms with Crippen LogP contribution in [-0.4, -0.2) is 52.6 Å². The van der Waals surface area contributed by atoms with Crippen LogP contribution in [0.5, 0.6) is 11.5 Å². The SMILES string of the molecule is COCc1c(OC)cc(-c2nnn(CC(=O)O)n2)cc1OC. The number of rotatable bonds is 7. The Kier molecular flexibility index (Phi) is 4.89. The quantitative estimate of drug-likeness (QED) is 0.791. The van der Waals surface area contributed by atoms with E-state index in [0.717, 1.165) is 10.4 Å². The second-order valence-corrected chi connectivity index (χ2v) is 4.33. The maximum Gasteiger partial charge on any atom is 0.327 e. The Morgan fingerprint density at radius 3 is 2.36 bits per heavy atom. The number of tetrazole rings is 1. The fourth-order valence-corrected chi connectivity index (χ4v) is 1.95. The third-order valence-electron chi connectivity index (χ3n) is 2.88. The van der Waals surface area contributed by atoms with Gasteiger partial charge in [-0.3, -0.25) is 4.79 Å². The van der Waals surface area contributed by atoms with Crippen LogP contribution >= 0.6 is 0 Å². The fraction of sp³-hybridized carbons (Fsp3) is 0.385. The lowest BCUT2D eigenvalue weighted by molar-refractivity contribution is -0.138. The van der Waals surface area contributed by atoms with E-state index in [1.165, 1.54) is 14.2 Å². The van der Waals surface area contributed by atoms with E-state index in [4.69, 9.17) is 19.3 Å². The normalized spacial score (nSPS) is 10.5. The Bertz CT molecular complexity index is 645. The molecular weight excluding hydrogens is 292 g/mol. The van der Waals surface area contributed by atoms with Gasteiger partial charge in [0.05, 0.1) is 26.4 Å². The molecule has 9 heteroatoms. The van der Waals surface area contributed by atoms with Crippen molar-refractivity contribution in [3.8, 4) is 22.9 Å². The molecule has 22 heavy (non-hydrogen) atoms. The Morgan fingerprint density at radius 2 is 1.86 bits per heavy atom. The number of carboxylic acids is 1. The third kappa shape index (κ3) is 3.31. The minimum absolute atomic E-state index is 0.279. The molecule has 2 aromatic rings. The summed E-state index contributed by atoms with van der Waals surface area (Å²) in [5.41, 5.74) is 1.36. The van der Waals surface area contributed by atoms with Gasteiger partial charge in [-0.05, 0) is 17.3 Å². The zero-order chi connectivity index (χ0) is 16.1. The molecule has 0 amide bonds. The van der Waals surface area contributed by atoms with E-state index in [9.17, 15) is 4.79 Å². The van der Waals surface area contributed by atoms with Crippen LogP contribution in [0.15, 0.2) is 12.1 Å². The largest absolute Gasteiger partial charge is 0.496 e. The number of aromatic nitrogens is 4. The molecule has 0 aliphatic heterocycles. The predicted octanol–water partition coefficient (Wildman–Crippen LogP) is 0.588. The molecule has 0 aliphatic carbocycles. The second kappa shape index (κ2) is 6.85. The number of hydrogen-bond donors (Lipinski definition) is 1. The summed E-state index contributed by atoms with van der Waals surface area (Å²) in [6.07, 6.45) is 0. The summed E-state index contributed by atoms with van der Waals surface area (Å²) in [6, 6.07) is 3.44. The predicted molar refractivity (Wildman–Crippen MR) is 74.7 cm³/mol. The first-order valence-corrected chi connectivity index (χ1v) is 6.32. The minimum Gasteiger partial charge on any atom is -0.496 e. The van der Waals surface area contributed by atoms with Gasteiger partial charge in [-0.1, -0.05) is 0 Å². The van der Waals surface area contributed by atoms with Crippen LogP contribution in [0, 0.1) is 0 Å². The topological polar surface area (TPSA) is 109 Å². The first kappa shape index (κ1) is 15.7. The smallest absolute Gasteiger partial charge is 0.327 e. The number of carboxylic acid groups (broad SMARTS) is 1. The van der Waals surface area contributed by atoms with E-state index in [0.29, 0.717) is 23.7 Å². The van der Waals surface area contributed by atoms with E-state index >= 15 is 0 Å². The minimum atomic E-state index is -1.05. The second-order valence-electron chi connectivity index (χ2n) is 4.33. The van der Waals surface area contributed by atoms with Crippen molar-refractivity contribution in [3.63, 3.8) is 0 Å². The van der Waals surface area contributed by atoms with Gasteiger partial charge in [-0.15, -0.1) is 10.2 Å². The number of ether oxygens (including phenoxy) is 3. The summed E-state index contributed by atoms with van der Waals surface area (Å²) in [5.74, 6) is 0.355. The average Bonchev–Trinajstić information content (AvgIpc) is 2.95. The maximum absolute atomic E-state index is 10.6. The molecule has 9 nitrogen and oxygen atoms in total. The summed E-state index contributed by atoms with van der Waals surface area (Å²) in [5, 5.41) is 20.3. The van der Waals surface area contributed by atoms with Gasteiger partial charge in [0.15, 0.2) is 6.54 Å². The summed E-state index contributed by atoms with van der Waals surface area (Å²) in [4.78, 5) is 11.6. The highest BCUT2D eigenvalue weighted by atomic mass is 16.5. The van der Waals surface area contributed by atoms with E-state index < -0.39 is 5.97 Å². The van der Waals surface area contributed by atoms with Crippen molar-refractivity contribution in [2.45, 2.75) is 13.2 Å². The van der Waals surface area contributed by atoms with Gasteiger partial charge in [0.25, 0.3) is 0 Å². The Hall–Kier alpha value is -2.68. The van der Waals surface area contributed by atoms with E-state index in [2.05, 4.69) is 15.4 Å². The van der Waals surface area contributed by atoms with Crippen molar-refractivity contribution in [2.24, 2.45) is 0 Å². The number of methoxy groups -OCH3 is 3. The van der Waals surface area contributed by atoms with Crippen molar-refractivity contribution in [2.75, 3.05) is 21.3 Å². The van der Waals surface area contributed by atoms with Gasteiger partial charge in [0.1, 0.15) is 11.5 Å². The molecule has 0 unspecified atom stereocenters. The Balaban J connectivity index is 2.42. The third-order valence-corrected chi connectivity index (χ3v) is 2.88. The lowest BCUT2D eigenvalue weighted by Crippen LogP contribution is -2.11. The molecule has 0 aliphatic rings. The summed E-state index contributed by atoms with van der Waals surface area (Å²) in [6.45, 7) is -0.0329. The molecule has 1 aromatic carbocycles. The van der Waals surface area contributed by atoms with Crippen molar-refractivity contribution < 1.29 is 24.1 Å². The standard InChI is InChI=1S/C13H16N4O5/c1-20-7-9-10(21-2)4-8(5-11(9)22-3)13-14-16-17(15-13)6-12(18)19/h4-5H,6-7H2,1-3H3,(H,18,19). The Morgan fingerprint density at radius 1 is 1.23 bits per heavy atom. The van der Waals surface area contributed by atoms with Crippen LogP contribution in [0.2, 0.25) is 0 Å². The monoisotopic (exact) mass is 308 g/mol. The van der Waals surface area contributed by atoms with Crippen molar-refractivity contribution in [3.05, 3.63) is 17.7 Å².